The Morgan fingerprint density at radius 3 is 2.26 bits per heavy atom. The molecular formula is C9H15N2O7S-. The number of amides is 1. The number of hydrogen-bond donors (Lipinski definition) is 2. The minimum absolute atomic E-state index is 0.0643. The molecule has 0 unspecified atom stereocenters. The SMILES string of the molecule is O=C([O-])C(=O)N1CC[NH+](C[C@H](O)CS(=O)(=O)[O-])CC1. The molecule has 1 saturated heterocycles. The van der Waals surface area contributed by atoms with Gasteiger partial charge < -0.3 is 29.4 Å². The quantitative estimate of drug-likeness (QED) is 0.389. The summed E-state index contributed by atoms with van der Waals surface area (Å²) < 4.78 is 31.3. The minimum Gasteiger partial charge on any atom is -0.748 e. The van der Waals surface area contributed by atoms with Crippen LogP contribution in [0.2, 0.25) is 0 Å². The molecule has 19 heavy (non-hydrogen) atoms. The lowest BCUT2D eigenvalue weighted by molar-refractivity contribution is -0.906. The minimum atomic E-state index is -4.47. The summed E-state index contributed by atoms with van der Waals surface area (Å²) in [7, 11) is -4.47. The van der Waals surface area contributed by atoms with Gasteiger partial charge in [-0.05, 0) is 0 Å². The Morgan fingerprint density at radius 2 is 1.84 bits per heavy atom. The van der Waals surface area contributed by atoms with E-state index >= 15 is 0 Å². The molecule has 1 rings (SSSR count). The second-order valence-electron chi connectivity index (χ2n) is 4.41. The number of rotatable bonds is 4. The Labute approximate surface area is 110 Å². The van der Waals surface area contributed by atoms with Crippen molar-refractivity contribution in [2.24, 2.45) is 0 Å². The van der Waals surface area contributed by atoms with E-state index in [1.807, 2.05) is 0 Å². The Morgan fingerprint density at radius 1 is 1.32 bits per heavy atom. The Hall–Kier alpha value is -1.23. The topological polar surface area (TPSA) is 142 Å². The van der Waals surface area contributed by atoms with Crippen molar-refractivity contribution in [3.8, 4) is 0 Å². The second kappa shape index (κ2) is 6.28. The van der Waals surface area contributed by atoms with Crippen LogP contribution in [0.3, 0.4) is 0 Å². The predicted molar refractivity (Wildman–Crippen MR) is 57.7 cm³/mol. The van der Waals surface area contributed by atoms with Gasteiger partial charge in [0.1, 0.15) is 18.6 Å². The fourth-order valence-electron chi connectivity index (χ4n) is 1.99. The van der Waals surface area contributed by atoms with Crippen LogP contribution >= 0.6 is 0 Å². The van der Waals surface area contributed by atoms with E-state index in [-0.39, 0.29) is 19.6 Å². The van der Waals surface area contributed by atoms with Crippen molar-refractivity contribution in [2.75, 3.05) is 38.5 Å². The first kappa shape index (κ1) is 15.8. The maximum absolute atomic E-state index is 11.1. The highest BCUT2D eigenvalue weighted by atomic mass is 32.2. The molecule has 1 atom stereocenters. The van der Waals surface area contributed by atoms with Gasteiger partial charge in [-0.2, -0.15) is 0 Å². The fourth-order valence-corrected chi connectivity index (χ4v) is 2.58. The van der Waals surface area contributed by atoms with Crippen molar-refractivity contribution in [1.29, 1.82) is 0 Å². The van der Waals surface area contributed by atoms with Gasteiger partial charge in [-0.15, -0.1) is 0 Å². The van der Waals surface area contributed by atoms with Crippen LogP contribution in [-0.2, 0) is 19.7 Å². The number of carboxylic acid groups (broad SMARTS) is 1. The molecule has 0 aromatic heterocycles. The molecule has 0 radical (unpaired) electrons. The summed E-state index contributed by atoms with van der Waals surface area (Å²) in [6, 6.07) is 0. The molecule has 1 amide bonds. The van der Waals surface area contributed by atoms with Crippen molar-refractivity contribution in [3.63, 3.8) is 0 Å². The number of nitrogens with zero attached hydrogens (tertiary/aromatic N) is 1. The van der Waals surface area contributed by atoms with Gasteiger partial charge in [0, 0.05) is 0 Å². The van der Waals surface area contributed by atoms with Crippen LogP contribution in [0.15, 0.2) is 0 Å². The van der Waals surface area contributed by atoms with Crippen LogP contribution in [0.4, 0.5) is 0 Å². The van der Waals surface area contributed by atoms with E-state index in [4.69, 9.17) is 0 Å². The van der Waals surface area contributed by atoms with Crippen LogP contribution in [0.25, 0.3) is 0 Å². The maximum atomic E-state index is 11.1. The van der Waals surface area contributed by atoms with E-state index in [2.05, 4.69) is 0 Å². The monoisotopic (exact) mass is 295 g/mol. The maximum Gasteiger partial charge on any atom is 0.269 e. The van der Waals surface area contributed by atoms with E-state index in [9.17, 15) is 32.8 Å². The second-order valence-corrected chi connectivity index (χ2v) is 5.86. The first-order valence-corrected chi connectivity index (χ1v) is 7.22. The third kappa shape index (κ3) is 5.51. The standard InChI is InChI=1S/C9H16N2O7S/c12-7(6-19(16,17)18)5-10-1-3-11(4-2-10)8(13)9(14)15/h7,12H,1-6H2,(H,14,15)(H,16,17,18)/p-1/t7-/m0/s1. The van der Waals surface area contributed by atoms with E-state index in [0.29, 0.717) is 13.1 Å². The highest BCUT2D eigenvalue weighted by Gasteiger charge is 2.26. The van der Waals surface area contributed by atoms with Gasteiger partial charge >= 0.3 is 0 Å². The van der Waals surface area contributed by atoms with Crippen molar-refractivity contribution >= 4 is 22.0 Å². The third-order valence-electron chi connectivity index (χ3n) is 2.85. The molecule has 1 heterocycles. The molecule has 0 aliphatic carbocycles. The van der Waals surface area contributed by atoms with Crippen LogP contribution < -0.4 is 10.0 Å². The number of nitrogens with one attached hydrogen (secondary N) is 1. The molecule has 0 aromatic rings. The lowest BCUT2D eigenvalue weighted by Crippen LogP contribution is -3.16. The number of carbonyl (C=O) groups excluding carboxylic acids is 2. The van der Waals surface area contributed by atoms with Crippen LogP contribution in [0.5, 0.6) is 0 Å². The summed E-state index contributed by atoms with van der Waals surface area (Å²) in [5.74, 6) is -3.69. The van der Waals surface area contributed by atoms with Crippen molar-refractivity contribution in [2.45, 2.75) is 6.10 Å². The summed E-state index contributed by atoms with van der Waals surface area (Å²) in [4.78, 5) is 23.4. The Bertz CT molecular complexity index is 441. The molecule has 0 saturated carbocycles. The summed E-state index contributed by atoms with van der Waals surface area (Å²) >= 11 is 0. The number of hydrogen-bond acceptors (Lipinski definition) is 7. The number of aliphatic hydroxyl groups excluding tert-OH is 1. The van der Waals surface area contributed by atoms with Crippen molar-refractivity contribution in [3.05, 3.63) is 0 Å². The van der Waals surface area contributed by atoms with E-state index in [1.165, 1.54) is 0 Å². The molecule has 0 spiro atoms. The zero-order chi connectivity index (χ0) is 14.6. The van der Waals surface area contributed by atoms with Crippen LogP contribution in [0.1, 0.15) is 0 Å². The summed E-state index contributed by atoms with van der Waals surface area (Å²) in [6.07, 6.45) is -1.26. The number of carbonyl (C=O) groups is 2. The van der Waals surface area contributed by atoms with E-state index in [0.717, 1.165) is 9.80 Å². The van der Waals surface area contributed by atoms with Gasteiger partial charge in [-0.1, -0.05) is 0 Å². The molecule has 0 aromatic carbocycles. The fraction of sp³-hybridized carbons (Fsp3) is 0.778. The molecule has 0 bridgehead atoms. The summed E-state index contributed by atoms with van der Waals surface area (Å²) in [5, 5.41) is 19.8. The average molecular weight is 295 g/mol. The summed E-state index contributed by atoms with van der Waals surface area (Å²) in [6.45, 7) is 1.16. The van der Waals surface area contributed by atoms with Gasteiger partial charge in [0.25, 0.3) is 5.91 Å². The average Bonchev–Trinajstić information content (AvgIpc) is 2.26. The highest BCUT2D eigenvalue weighted by molar-refractivity contribution is 7.85. The van der Waals surface area contributed by atoms with Crippen molar-refractivity contribution in [1.82, 2.24) is 4.90 Å². The smallest absolute Gasteiger partial charge is 0.269 e. The largest absolute Gasteiger partial charge is 0.748 e. The molecule has 110 valence electrons. The number of aliphatic carboxylic acids is 1. The number of piperazine rings is 1. The van der Waals surface area contributed by atoms with Gasteiger partial charge in [0.15, 0.2) is 0 Å². The van der Waals surface area contributed by atoms with Gasteiger partial charge in [0.2, 0.25) is 0 Å². The molecule has 2 N–H and O–H groups in total. The van der Waals surface area contributed by atoms with Gasteiger partial charge in [-0.3, -0.25) is 4.79 Å². The van der Waals surface area contributed by atoms with E-state index < -0.39 is 33.9 Å². The number of quaternary nitrogens is 1. The number of carboxylic acids is 1. The van der Waals surface area contributed by atoms with Gasteiger partial charge in [-0.25, -0.2) is 8.42 Å². The van der Waals surface area contributed by atoms with Crippen molar-refractivity contribution < 1.29 is 37.7 Å². The lowest BCUT2D eigenvalue weighted by Gasteiger charge is -2.33. The Balaban J connectivity index is 2.38. The predicted octanol–water partition coefficient (Wildman–Crippen LogP) is -5.63. The van der Waals surface area contributed by atoms with Gasteiger partial charge in [0.05, 0.1) is 42.1 Å². The molecule has 10 heteroatoms. The first-order chi connectivity index (χ1) is 8.69. The van der Waals surface area contributed by atoms with Crippen LogP contribution in [0, 0.1) is 0 Å². The zero-order valence-electron chi connectivity index (χ0n) is 10.1. The normalized spacial score (nSPS) is 19.2. The Kier molecular flexibility index (Phi) is 5.23. The molecule has 1 aliphatic rings. The summed E-state index contributed by atoms with van der Waals surface area (Å²) in [5.41, 5.74) is 0. The zero-order valence-corrected chi connectivity index (χ0v) is 10.9. The third-order valence-corrected chi connectivity index (χ3v) is 3.65. The first-order valence-electron chi connectivity index (χ1n) is 5.64. The lowest BCUT2D eigenvalue weighted by atomic mass is 10.2. The molecule has 1 fully saturated rings. The molecular weight excluding hydrogens is 280 g/mol. The van der Waals surface area contributed by atoms with Crippen LogP contribution in [-0.4, -0.2) is 79.4 Å². The van der Waals surface area contributed by atoms with E-state index in [1.54, 1.807) is 0 Å². The molecule has 1 aliphatic heterocycles. The highest BCUT2D eigenvalue weighted by Crippen LogP contribution is 1.92. The number of aliphatic hydroxyl groups is 1. The molecule has 9 nitrogen and oxygen atoms in total.